The van der Waals surface area contributed by atoms with Crippen molar-refractivity contribution in [2.45, 2.75) is 25.8 Å². The quantitative estimate of drug-likeness (QED) is 0.649. The Labute approximate surface area is 172 Å². The van der Waals surface area contributed by atoms with Crippen molar-refractivity contribution in [3.63, 3.8) is 0 Å². The van der Waals surface area contributed by atoms with E-state index in [-0.39, 0.29) is 52.1 Å². The Kier molecular flexibility index (Phi) is 9.69. The number of rotatable bonds is 4. The zero-order valence-electron chi connectivity index (χ0n) is 13.8. The molecule has 0 aromatic heterocycles. The van der Waals surface area contributed by atoms with Crippen molar-refractivity contribution in [2.24, 2.45) is 0 Å². The Morgan fingerprint density at radius 2 is 1.50 bits per heavy atom. The predicted molar refractivity (Wildman–Crippen MR) is 90.7 cm³/mol. The summed E-state index contributed by atoms with van der Waals surface area (Å²) < 4.78 is 0. The van der Waals surface area contributed by atoms with Crippen LogP contribution in [0.5, 0.6) is 0 Å². The minimum absolute atomic E-state index is 0. The van der Waals surface area contributed by atoms with E-state index in [9.17, 15) is 0 Å². The van der Waals surface area contributed by atoms with Crippen molar-refractivity contribution < 1.29 is 46.5 Å². The van der Waals surface area contributed by atoms with Gasteiger partial charge in [0, 0.05) is 0 Å². The fraction of sp³-hybridized carbons (Fsp3) is 0.200. The molecule has 0 heterocycles. The minimum atomic E-state index is -0.249. The fourth-order valence-corrected chi connectivity index (χ4v) is 2.83. The zero-order valence-corrected chi connectivity index (χ0v) is 16.9. The Morgan fingerprint density at radius 1 is 0.875 bits per heavy atom. The summed E-state index contributed by atoms with van der Waals surface area (Å²) in [6, 6.07) is 18.8. The van der Waals surface area contributed by atoms with E-state index in [0.717, 1.165) is 12.1 Å². The van der Waals surface area contributed by atoms with Gasteiger partial charge in [-0.25, -0.2) is 0 Å². The Balaban J connectivity index is 0.00000176. The van der Waals surface area contributed by atoms with E-state index >= 15 is 0 Å². The maximum Gasteiger partial charge on any atom is 3.00 e. The third-order valence-corrected chi connectivity index (χ3v) is 3.87. The minimum Gasteiger partial charge on any atom is -1.00 e. The van der Waals surface area contributed by atoms with Crippen LogP contribution >= 0.6 is 0 Å². The molecule has 0 saturated heterocycles. The summed E-state index contributed by atoms with van der Waals surface area (Å²) in [7, 11) is 0. The average Bonchev–Trinajstić information content (AvgIpc) is 3.02. The molecule has 0 aliphatic heterocycles. The van der Waals surface area contributed by atoms with Gasteiger partial charge in [0.15, 0.2) is 0 Å². The van der Waals surface area contributed by atoms with Gasteiger partial charge in [-0.15, -0.1) is 5.69 Å². The normalized spacial score (nSPS) is 12.3. The number of allylic oxidation sites excluding steroid dienone is 4. The number of para-hydroxylation sites is 1. The molecule has 0 fully saturated rings. The maximum atomic E-state index is 4.95. The summed E-state index contributed by atoms with van der Waals surface area (Å²) >= 11 is 0. The second-order valence-corrected chi connectivity index (χ2v) is 5.88. The van der Waals surface area contributed by atoms with Crippen molar-refractivity contribution in [2.75, 3.05) is 0 Å². The molecule has 1 aliphatic rings. The average molecular weight is 393 g/mol. The molecule has 24 heavy (non-hydrogen) atoms. The maximum absolute atomic E-state index is 4.95. The molecule has 1 radical (unpaired) electrons. The molecular weight excluding hydrogens is 373 g/mol. The molecule has 0 N–H and O–H groups in total. The number of halogens is 2. The van der Waals surface area contributed by atoms with Gasteiger partial charge >= 0.3 is 21.7 Å². The molecule has 4 heteroatoms. The predicted octanol–water partition coefficient (Wildman–Crippen LogP) is -0.0241. The Hall–Kier alpha value is -0.986. The molecule has 123 valence electrons. The number of nitrogens with zero attached hydrogens (tertiary/aromatic N) is 1. The van der Waals surface area contributed by atoms with Crippen LogP contribution in [0.1, 0.15) is 31.4 Å². The topological polar surface area (TPSA) is 14.1 Å². The van der Waals surface area contributed by atoms with Crippen molar-refractivity contribution >= 4 is 11.3 Å². The van der Waals surface area contributed by atoms with Crippen LogP contribution in [0.25, 0.3) is 10.9 Å². The van der Waals surface area contributed by atoms with Gasteiger partial charge in [0.1, 0.15) is 0 Å². The SMILES string of the molecule is CC(C)([N-]c1ccccc1)c1ccccc1C1=CC=CC1.[Cl-].[Cl-].[Ti+3]. The van der Waals surface area contributed by atoms with E-state index in [1.165, 1.54) is 16.7 Å². The third kappa shape index (κ3) is 5.26. The van der Waals surface area contributed by atoms with Crippen molar-refractivity contribution in [1.29, 1.82) is 0 Å². The van der Waals surface area contributed by atoms with Crippen molar-refractivity contribution in [3.8, 4) is 0 Å². The standard InChI is InChI=1S/C20H20N.2ClH.Ti/c1-20(2,21-17-12-4-3-5-13-17)19-15-9-8-14-18(19)16-10-6-7-11-16;;;/h3-10,12-15H,11H2,1-2H3;2*1H;/q-1;;;+3/p-2. The summed E-state index contributed by atoms with van der Waals surface area (Å²) in [4.78, 5) is 0. The molecule has 0 amide bonds. The number of hydrogen-bond donors (Lipinski definition) is 0. The molecule has 3 rings (SSSR count). The van der Waals surface area contributed by atoms with E-state index in [1.807, 2.05) is 18.2 Å². The van der Waals surface area contributed by atoms with Crippen LogP contribution in [-0.4, -0.2) is 0 Å². The molecule has 2 aromatic carbocycles. The fourth-order valence-electron chi connectivity index (χ4n) is 2.83. The van der Waals surface area contributed by atoms with Gasteiger partial charge in [0.25, 0.3) is 0 Å². The number of hydrogen-bond acceptors (Lipinski definition) is 0. The summed E-state index contributed by atoms with van der Waals surface area (Å²) in [5.41, 5.74) is 4.75. The van der Waals surface area contributed by atoms with Crippen LogP contribution in [0.4, 0.5) is 5.69 Å². The van der Waals surface area contributed by atoms with Crippen LogP contribution in [-0.2, 0) is 27.3 Å². The van der Waals surface area contributed by atoms with Crippen LogP contribution in [0.15, 0.2) is 72.8 Å². The Morgan fingerprint density at radius 3 is 2.12 bits per heavy atom. The molecule has 0 spiro atoms. The molecule has 2 aromatic rings. The van der Waals surface area contributed by atoms with Gasteiger partial charge in [-0.2, -0.15) is 0 Å². The van der Waals surface area contributed by atoms with Gasteiger partial charge in [-0.3, -0.25) is 0 Å². The molecular formula is C20H20Cl2NTi. The first-order chi connectivity index (χ1) is 10.2. The van der Waals surface area contributed by atoms with E-state index < -0.39 is 0 Å². The molecule has 0 atom stereocenters. The van der Waals surface area contributed by atoms with Gasteiger partial charge in [0.2, 0.25) is 0 Å². The summed E-state index contributed by atoms with van der Waals surface area (Å²) in [6.45, 7) is 4.36. The largest absolute Gasteiger partial charge is 3.00 e. The molecule has 1 aliphatic carbocycles. The van der Waals surface area contributed by atoms with Gasteiger partial charge < -0.3 is 30.1 Å². The van der Waals surface area contributed by atoms with Gasteiger partial charge in [0.05, 0.1) is 0 Å². The Bertz CT molecular complexity index is 694. The van der Waals surface area contributed by atoms with Crippen molar-refractivity contribution in [1.82, 2.24) is 0 Å². The van der Waals surface area contributed by atoms with E-state index in [1.54, 1.807) is 0 Å². The van der Waals surface area contributed by atoms with Gasteiger partial charge in [-0.05, 0) is 17.6 Å². The molecule has 0 unspecified atom stereocenters. The van der Waals surface area contributed by atoms with E-state index in [0.29, 0.717) is 0 Å². The number of benzene rings is 2. The van der Waals surface area contributed by atoms with E-state index in [2.05, 4.69) is 68.5 Å². The van der Waals surface area contributed by atoms with Crippen molar-refractivity contribution in [3.05, 3.63) is 89.3 Å². The first kappa shape index (κ1) is 23.0. The zero-order chi connectivity index (χ0) is 14.7. The monoisotopic (exact) mass is 392 g/mol. The second kappa shape index (κ2) is 10.1. The summed E-state index contributed by atoms with van der Waals surface area (Å²) in [5.74, 6) is 0. The smallest absolute Gasteiger partial charge is 1.00 e. The summed E-state index contributed by atoms with van der Waals surface area (Å²) in [6.07, 6.45) is 7.55. The molecule has 1 nitrogen and oxygen atoms in total. The third-order valence-electron chi connectivity index (χ3n) is 3.87. The molecule has 0 bridgehead atoms. The molecule has 0 saturated carbocycles. The second-order valence-electron chi connectivity index (χ2n) is 5.88. The van der Waals surface area contributed by atoms with Crippen LogP contribution < -0.4 is 24.8 Å². The van der Waals surface area contributed by atoms with Crippen LogP contribution in [0.2, 0.25) is 0 Å². The van der Waals surface area contributed by atoms with Gasteiger partial charge in [-0.1, -0.05) is 97.8 Å². The van der Waals surface area contributed by atoms with Crippen LogP contribution in [0.3, 0.4) is 0 Å². The van der Waals surface area contributed by atoms with E-state index in [4.69, 9.17) is 5.32 Å². The first-order valence-corrected chi connectivity index (χ1v) is 7.40. The summed E-state index contributed by atoms with van der Waals surface area (Å²) in [5, 5.41) is 4.95. The van der Waals surface area contributed by atoms with Crippen LogP contribution in [0, 0.1) is 0 Å². The first-order valence-electron chi connectivity index (χ1n) is 7.40.